The highest BCUT2D eigenvalue weighted by molar-refractivity contribution is 5.79. The van der Waals surface area contributed by atoms with Crippen molar-refractivity contribution in [1.82, 2.24) is 5.73 Å². The maximum absolute atomic E-state index is 10.8. The van der Waals surface area contributed by atoms with Crippen LogP contribution >= 0.6 is 0 Å². The molecular formula is C10H15NO2. The van der Waals surface area contributed by atoms with Crippen LogP contribution in [0.2, 0.25) is 0 Å². The number of hydrogen-bond acceptors (Lipinski definition) is 2. The lowest BCUT2D eigenvalue weighted by atomic mass is 9.70. The van der Waals surface area contributed by atoms with Crippen LogP contribution in [-0.2, 0) is 9.59 Å². The molecule has 1 saturated carbocycles. The Bertz CT molecular complexity index is 215. The van der Waals surface area contributed by atoms with Crippen LogP contribution in [0.1, 0.15) is 26.7 Å². The van der Waals surface area contributed by atoms with Crippen molar-refractivity contribution in [3.8, 4) is 0 Å². The SMILES string of the molecule is CC1CC(C=O)C(C([N])=O)CC1C. The second-order valence-electron chi connectivity index (χ2n) is 4.17. The molecule has 4 unspecified atom stereocenters. The summed E-state index contributed by atoms with van der Waals surface area (Å²) in [6.07, 6.45) is 2.17. The molecule has 0 bridgehead atoms. The predicted molar refractivity (Wildman–Crippen MR) is 47.7 cm³/mol. The van der Waals surface area contributed by atoms with E-state index in [4.69, 9.17) is 5.73 Å². The van der Waals surface area contributed by atoms with Crippen molar-refractivity contribution in [3.63, 3.8) is 0 Å². The first kappa shape index (κ1) is 10.2. The molecular weight excluding hydrogens is 166 g/mol. The summed E-state index contributed by atoms with van der Waals surface area (Å²) in [5, 5.41) is 0. The Morgan fingerprint density at radius 1 is 1.31 bits per heavy atom. The van der Waals surface area contributed by atoms with Gasteiger partial charge in [-0.05, 0) is 24.7 Å². The first-order valence-corrected chi connectivity index (χ1v) is 4.74. The van der Waals surface area contributed by atoms with Crippen molar-refractivity contribution in [2.24, 2.45) is 23.7 Å². The maximum atomic E-state index is 10.8. The molecule has 1 amide bonds. The zero-order valence-corrected chi connectivity index (χ0v) is 8.06. The highest BCUT2D eigenvalue weighted by Crippen LogP contribution is 2.36. The monoisotopic (exact) mass is 181 g/mol. The molecule has 4 atom stereocenters. The van der Waals surface area contributed by atoms with E-state index in [1.54, 1.807) is 0 Å². The average Bonchev–Trinajstić information content (AvgIpc) is 2.08. The van der Waals surface area contributed by atoms with Crippen LogP contribution in [0.3, 0.4) is 0 Å². The quantitative estimate of drug-likeness (QED) is 0.598. The van der Waals surface area contributed by atoms with E-state index in [-0.39, 0.29) is 5.92 Å². The summed E-state index contributed by atoms with van der Waals surface area (Å²) in [6, 6.07) is 0. The molecule has 0 aromatic carbocycles. The molecule has 2 radical (unpaired) electrons. The lowest BCUT2D eigenvalue weighted by molar-refractivity contribution is -0.130. The zero-order valence-electron chi connectivity index (χ0n) is 8.06. The molecule has 0 saturated heterocycles. The number of carbonyl (C=O) groups excluding carboxylic acids is 2. The molecule has 0 aromatic rings. The van der Waals surface area contributed by atoms with Crippen molar-refractivity contribution in [2.75, 3.05) is 0 Å². The molecule has 0 spiro atoms. The van der Waals surface area contributed by atoms with Gasteiger partial charge in [0.2, 0.25) is 0 Å². The van der Waals surface area contributed by atoms with Gasteiger partial charge in [-0.2, -0.15) is 0 Å². The summed E-state index contributed by atoms with van der Waals surface area (Å²) in [4.78, 5) is 21.5. The van der Waals surface area contributed by atoms with Crippen molar-refractivity contribution in [2.45, 2.75) is 26.7 Å². The second-order valence-corrected chi connectivity index (χ2v) is 4.17. The third-order valence-electron chi connectivity index (χ3n) is 3.25. The Kier molecular flexibility index (Phi) is 3.07. The van der Waals surface area contributed by atoms with E-state index >= 15 is 0 Å². The number of amides is 1. The van der Waals surface area contributed by atoms with Gasteiger partial charge in [0, 0.05) is 5.92 Å². The van der Waals surface area contributed by atoms with Gasteiger partial charge in [-0.15, -0.1) is 5.73 Å². The summed E-state index contributed by atoms with van der Waals surface area (Å²) in [5.41, 5.74) is 8.88. The normalized spacial score (nSPS) is 39.8. The predicted octanol–water partition coefficient (Wildman–Crippen LogP) is 1.08. The van der Waals surface area contributed by atoms with E-state index in [2.05, 4.69) is 13.8 Å². The van der Waals surface area contributed by atoms with E-state index < -0.39 is 11.8 Å². The van der Waals surface area contributed by atoms with Crippen molar-refractivity contribution in [1.29, 1.82) is 0 Å². The topological polar surface area (TPSA) is 56.4 Å². The highest BCUT2D eigenvalue weighted by Gasteiger charge is 2.36. The summed E-state index contributed by atoms with van der Waals surface area (Å²) in [6.45, 7) is 4.14. The molecule has 72 valence electrons. The van der Waals surface area contributed by atoms with Crippen LogP contribution < -0.4 is 5.73 Å². The minimum Gasteiger partial charge on any atom is -0.303 e. The fourth-order valence-corrected chi connectivity index (χ4v) is 2.07. The third kappa shape index (κ3) is 2.08. The second kappa shape index (κ2) is 3.90. The fraction of sp³-hybridized carbons (Fsp3) is 0.800. The Labute approximate surface area is 78.7 Å². The number of nitrogens with zero attached hydrogens (tertiary/aromatic N) is 1. The average molecular weight is 181 g/mol. The summed E-state index contributed by atoms with van der Waals surface area (Å²) in [5.74, 6) is -0.675. The molecule has 0 aliphatic heterocycles. The first-order valence-electron chi connectivity index (χ1n) is 4.74. The van der Waals surface area contributed by atoms with Crippen LogP contribution in [0.5, 0.6) is 0 Å². The largest absolute Gasteiger partial charge is 0.303 e. The van der Waals surface area contributed by atoms with Gasteiger partial charge in [-0.3, -0.25) is 4.79 Å². The van der Waals surface area contributed by atoms with Gasteiger partial charge in [-0.1, -0.05) is 13.8 Å². The molecule has 3 heteroatoms. The maximum Gasteiger partial charge on any atom is 0.268 e. The van der Waals surface area contributed by atoms with Crippen LogP contribution in [0.4, 0.5) is 0 Å². The van der Waals surface area contributed by atoms with Gasteiger partial charge in [0.05, 0.1) is 5.92 Å². The number of carbonyl (C=O) groups is 2. The Morgan fingerprint density at radius 2 is 1.85 bits per heavy atom. The summed E-state index contributed by atoms with van der Waals surface area (Å²) < 4.78 is 0. The Hall–Kier alpha value is -0.860. The van der Waals surface area contributed by atoms with Gasteiger partial charge in [0.1, 0.15) is 6.29 Å². The Balaban J connectivity index is 2.71. The highest BCUT2D eigenvalue weighted by atomic mass is 16.1. The minimum absolute atomic E-state index is 0.274. The fourth-order valence-electron chi connectivity index (χ4n) is 2.07. The van der Waals surface area contributed by atoms with Crippen LogP contribution in [0, 0.1) is 23.7 Å². The molecule has 1 rings (SSSR count). The lowest BCUT2D eigenvalue weighted by Gasteiger charge is -2.33. The van der Waals surface area contributed by atoms with Gasteiger partial charge >= 0.3 is 0 Å². The third-order valence-corrected chi connectivity index (χ3v) is 3.25. The molecule has 1 aliphatic rings. The molecule has 1 aliphatic carbocycles. The van der Waals surface area contributed by atoms with Gasteiger partial charge < -0.3 is 4.79 Å². The molecule has 3 nitrogen and oxygen atoms in total. The van der Waals surface area contributed by atoms with E-state index in [0.29, 0.717) is 18.3 Å². The smallest absolute Gasteiger partial charge is 0.268 e. The number of rotatable bonds is 2. The zero-order chi connectivity index (χ0) is 10.0. The summed E-state index contributed by atoms with van der Waals surface area (Å²) >= 11 is 0. The van der Waals surface area contributed by atoms with Crippen molar-refractivity contribution >= 4 is 12.2 Å². The van der Waals surface area contributed by atoms with Gasteiger partial charge in [-0.25, -0.2) is 0 Å². The van der Waals surface area contributed by atoms with Crippen LogP contribution in [0.25, 0.3) is 0 Å². The van der Waals surface area contributed by atoms with E-state index in [1.165, 1.54) is 0 Å². The van der Waals surface area contributed by atoms with Gasteiger partial charge in [0.15, 0.2) is 0 Å². The lowest BCUT2D eigenvalue weighted by Crippen LogP contribution is -2.35. The van der Waals surface area contributed by atoms with E-state index in [9.17, 15) is 9.59 Å². The van der Waals surface area contributed by atoms with Gasteiger partial charge in [0.25, 0.3) is 5.91 Å². The van der Waals surface area contributed by atoms with Crippen molar-refractivity contribution < 1.29 is 9.59 Å². The Morgan fingerprint density at radius 3 is 2.31 bits per heavy atom. The minimum atomic E-state index is -0.823. The molecule has 0 heterocycles. The molecule has 1 fully saturated rings. The van der Waals surface area contributed by atoms with Crippen molar-refractivity contribution in [3.05, 3.63) is 0 Å². The number of aldehydes is 1. The van der Waals surface area contributed by atoms with E-state index in [0.717, 1.165) is 12.7 Å². The van der Waals surface area contributed by atoms with Crippen LogP contribution in [-0.4, -0.2) is 12.2 Å². The standard InChI is InChI=1S/C10H15NO2/c1-6-3-8(5-12)9(10(11)13)4-7(6)2/h5-9H,3-4H2,1-2H3. The summed E-state index contributed by atoms with van der Waals surface area (Å²) in [7, 11) is 0. The molecule has 13 heavy (non-hydrogen) atoms. The van der Waals surface area contributed by atoms with Crippen LogP contribution in [0.15, 0.2) is 0 Å². The molecule has 0 aromatic heterocycles. The van der Waals surface area contributed by atoms with E-state index in [1.807, 2.05) is 0 Å². The number of hydrogen-bond donors (Lipinski definition) is 0. The first-order chi connectivity index (χ1) is 6.06. The molecule has 0 N–H and O–H groups in total.